The van der Waals surface area contributed by atoms with Gasteiger partial charge in [-0.15, -0.1) is 10.2 Å². The predicted octanol–water partition coefficient (Wildman–Crippen LogP) is 2.36. The number of thioether (sulfide) groups is 1. The molecule has 5 nitrogen and oxygen atoms in total. The SMILES string of the molecule is Cn1c(N)nnc1SCCOc1ccc(F)cc1Cl. The average molecular weight is 303 g/mol. The number of nitrogens with zero attached hydrogens (tertiary/aromatic N) is 3. The van der Waals surface area contributed by atoms with Crippen molar-refractivity contribution in [2.75, 3.05) is 18.1 Å². The molecule has 1 aromatic heterocycles. The lowest BCUT2D eigenvalue weighted by Crippen LogP contribution is -2.03. The molecule has 19 heavy (non-hydrogen) atoms. The van der Waals surface area contributed by atoms with Gasteiger partial charge in [-0.25, -0.2) is 4.39 Å². The van der Waals surface area contributed by atoms with Crippen LogP contribution in [0.5, 0.6) is 5.75 Å². The Morgan fingerprint density at radius 1 is 1.47 bits per heavy atom. The summed E-state index contributed by atoms with van der Waals surface area (Å²) in [4.78, 5) is 0. The number of nitrogens with two attached hydrogens (primary N) is 1. The molecule has 0 unspecified atom stereocenters. The van der Waals surface area contributed by atoms with Crippen molar-refractivity contribution in [3.63, 3.8) is 0 Å². The molecule has 0 aliphatic carbocycles. The molecule has 1 heterocycles. The smallest absolute Gasteiger partial charge is 0.222 e. The van der Waals surface area contributed by atoms with Gasteiger partial charge in [0.1, 0.15) is 11.6 Å². The first-order valence-corrected chi connectivity index (χ1v) is 6.80. The normalized spacial score (nSPS) is 10.7. The maximum Gasteiger partial charge on any atom is 0.222 e. The summed E-state index contributed by atoms with van der Waals surface area (Å²) in [5, 5.41) is 8.62. The largest absolute Gasteiger partial charge is 0.491 e. The summed E-state index contributed by atoms with van der Waals surface area (Å²) < 4.78 is 20.0. The molecule has 0 atom stereocenters. The lowest BCUT2D eigenvalue weighted by Gasteiger charge is -2.07. The van der Waals surface area contributed by atoms with Crippen LogP contribution in [0.2, 0.25) is 5.02 Å². The fourth-order valence-corrected chi connectivity index (χ4v) is 2.29. The van der Waals surface area contributed by atoms with Gasteiger partial charge in [0.25, 0.3) is 0 Å². The molecule has 2 rings (SSSR count). The molecular weight excluding hydrogens is 291 g/mol. The predicted molar refractivity (Wildman–Crippen MR) is 73.0 cm³/mol. The standard InChI is InChI=1S/C11H12ClFN4OS/c1-17-10(14)15-16-11(17)19-5-4-18-9-3-2-7(13)6-8(9)12/h2-3,6H,4-5H2,1H3,(H2,14,15). The van der Waals surface area contributed by atoms with Crippen molar-refractivity contribution >= 4 is 29.3 Å². The van der Waals surface area contributed by atoms with Crippen LogP contribution in [0.3, 0.4) is 0 Å². The number of halogens is 2. The Morgan fingerprint density at radius 3 is 2.89 bits per heavy atom. The lowest BCUT2D eigenvalue weighted by atomic mass is 10.3. The molecule has 0 saturated carbocycles. The molecule has 0 fully saturated rings. The van der Waals surface area contributed by atoms with E-state index in [1.165, 1.54) is 30.0 Å². The maximum atomic E-state index is 12.8. The van der Waals surface area contributed by atoms with E-state index < -0.39 is 0 Å². The van der Waals surface area contributed by atoms with Gasteiger partial charge in [0.2, 0.25) is 5.95 Å². The second kappa shape index (κ2) is 6.12. The van der Waals surface area contributed by atoms with E-state index in [1.807, 2.05) is 0 Å². The van der Waals surface area contributed by atoms with Crippen molar-refractivity contribution < 1.29 is 9.13 Å². The van der Waals surface area contributed by atoms with Gasteiger partial charge in [0.05, 0.1) is 11.6 Å². The van der Waals surface area contributed by atoms with Crippen molar-refractivity contribution in [1.29, 1.82) is 0 Å². The van der Waals surface area contributed by atoms with Crippen LogP contribution in [0.25, 0.3) is 0 Å². The molecule has 2 aromatic rings. The zero-order chi connectivity index (χ0) is 13.8. The second-order valence-electron chi connectivity index (χ2n) is 3.67. The van der Waals surface area contributed by atoms with E-state index in [0.717, 1.165) is 0 Å². The van der Waals surface area contributed by atoms with Crippen LogP contribution >= 0.6 is 23.4 Å². The maximum absolute atomic E-state index is 12.8. The van der Waals surface area contributed by atoms with Crippen molar-refractivity contribution in [2.24, 2.45) is 7.05 Å². The third-order valence-electron chi connectivity index (χ3n) is 2.33. The Hall–Kier alpha value is -1.47. The van der Waals surface area contributed by atoms with Crippen molar-refractivity contribution in [3.8, 4) is 5.75 Å². The number of ether oxygens (including phenoxy) is 1. The second-order valence-corrected chi connectivity index (χ2v) is 5.14. The van der Waals surface area contributed by atoms with Crippen LogP contribution in [0.15, 0.2) is 23.4 Å². The van der Waals surface area contributed by atoms with E-state index in [9.17, 15) is 4.39 Å². The molecule has 1 aromatic carbocycles. The van der Waals surface area contributed by atoms with Gasteiger partial charge >= 0.3 is 0 Å². The number of benzene rings is 1. The van der Waals surface area contributed by atoms with Gasteiger partial charge in [-0.2, -0.15) is 0 Å². The first kappa shape index (κ1) is 14.0. The summed E-state index contributed by atoms with van der Waals surface area (Å²) in [7, 11) is 1.79. The number of rotatable bonds is 5. The van der Waals surface area contributed by atoms with Gasteiger partial charge in [-0.05, 0) is 18.2 Å². The summed E-state index contributed by atoms with van der Waals surface area (Å²) >= 11 is 7.30. The highest BCUT2D eigenvalue weighted by Gasteiger charge is 2.07. The zero-order valence-electron chi connectivity index (χ0n) is 10.1. The summed E-state index contributed by atoms with van der Waals surface area (Å²) in [6, 6.07) is 4.02. The van der Waals surface area contributed by atoms with Crippen LogP contribution in [0.4, 0.5) is 10.3 Å². The Bertz CT molecular complexity index is 578. The quantitative estimate of drug-likeness (QED) is 0.678. The molecule has 8 heteroatoms. The van der Waals surface area contributed by atoms with Crippen LogP contribution in [-0.2, 0) is 7.05 Å². The van der Waals surface area contributed by atoms with Gasteiger partial charge in [0.15, 0.2) is 5.16 Å². The average Bonchev–Trinajstić information content (AvgIpc) is 2.68. The highest BCUT2D eigenvalue weighted by Crippen LogP contribution is 2.25. The van der Waals surface area contributed by atoms with Crippen LogP contribution in [-0.4, -0.2) is 27.1 Å². The van der Waals surface area contributed by atoms with E-state index in [4.69, 9.17) is 22.1 Å². The van der Waals surface area contributed by atoms with Crippen LogP contribution < -0.4 is 10.5 Å². The molecule has 2 N–H and O–H groups in total. The van der Waals surface area contributed by atoms with Crippen molar-refractivity contribution in [3.05, 3.63) is 29.0 Å². The van der Waals surface area contributed by atoms with E-state index in [0.29, 0.717) is 29.2 Å². The van der Waals surface area contributed by atoms with E-state index in [2.05, 4.69) is 10.2 Å². The summed E-state index contributed by atoms with van der Waals surface area (Å²) in [5.41, 5.74) is 5.56. The Kier molecular flexibility index (Phi) is 4.49. The molecule has 0 saturated heterocycles. The zero-order valence-corrected chi connectivity index (χ0v) is 11.7. The van der Waals surface area contributed by atoms with Gasteiger partial charge < -0.3 is 10.5 Å². The van der Waals surface area contributed by atoms with E-state index in [-0.39, 0.29) is 10.8 Å². The highest BCUT2D eigenvalue weighted by molar-refractivity contribution is 7.99. The number of anilines is 1. The monoisotopic (exact) mass is 302 g/mol. The Labute approximate surface area is 118 Å². The molecule has 102 valence electrons. The summed E-state index contributed by atoms with van der Waals surface area (Å²) in [5.74, 6) is 1.09. The van der Waals surface area contributed by atoms with Gasteiger partial charge in [-0.3, -0.25) is 4.57 Å². The van der Waals surface area contributed by atoms with Crippen molar-refractivity contribution in [2.45, 2.75) is 5.16 Å². The third-order valence-corrected chi connectivity index (χ3v) is 3.61. The van der Waals surface area contributed by atoms with Crippen molar-refractivity contribution in [1.82, 2.24) is 14.8 Å². The lowest BCUT2D eigenvalue weighted by molar-refractivity contribution is 0.343. The van der Waals surface area contributed by atoms with E-state index in [1.54, 1.807) is 11.6 Å². The topological polar surface area (TPSA) is 66.0 Å². The minimum atomic E-state index is -0.388. The van der Waals surface area contributed by atoms with Crippen LogP contribution in [0.1, 0.15) is 0 Å². The molecule has 0 aliphatic heterocycles. The molecule has 0 radical (unpaired) electrons. The Morgan fingerprint density at radius 2 is 2.26 bits per heavy atom. The van der Waals surface area contributed by atoms with Gasteiger partial charge in [-0.1, -0.05) is 23.4 Å². The molecule has 0 spiro atoms. The number of hydrogen-bond acceptors (Lipinski definition) is 5. The molecule has 0 aliphatic rings. The first-order valence-electron chi connectivity index (χ1n) is 5.43. The fraction of sp³-hybridized carbons (Fsp3) is 0.273. The number of nitrogen functional groups attached to an aromatic ring is 1. The minimum Gasteiger partial charge on any atom is -0.491 e. The molecule has 0 bridgehead atoms. The number of aromatic nitrogens is 3. The highest BCUT2D eigenvalue weighted by atomic mass is 35.5. The first-order chi connectivity index (χ1) is 9.08. The summed E-state index contributed by atoms with van der Waals surface area (Å²) in [6.07, 6.45) is 0. The molecule has 0 amide bonds. The number of hydrogen-bond donors (Lipinski definition) is 1. The summed E-state index contributed by atoms with van der Waals surface area (Å²) in [6.45, 7) is 0.419. The van der Waals surface area contributed by atoms with Gasteiger partial charge in [0, 0.05) is 12.8 Å². The fourth-order valence-electron chi connectivity index (χ4n) is 1.33. The third kappa shape index (κ3) is 3.51. The van der Waals surface area contributed by atoms with E-state index >= 15 is 0 Å². The minimum absolute atomic E-state index is 0.257. The Balaban J connectivity index is 1.82. The van der Waals surface area contributed by atoms with Crippen LogP contribution in [0, 0.1) is 5.82 Å². The molecular formula is C11H12ClFN4OS.